The van der Waals surface area contributed by atoms with E-state index in [1.54, 1.807) is 7.11 Å². The number of halogens is 2. The number of benzene rings is 1. The lowest BCUT2D eigenvalue weighted by molar-refractivity contribution is -0.0383. The molecule has 1 aromatic rings. The minimum atomic E-state index is 0.0902. The van der Waals surface area contributed by atoms with Crippen molar-refractivity contribution in [2.75, 3.05) is 7.11 Å². The van der Waals surface area contributed by atoms with E-state index in [2.05, 4.69) is 22.0 Å². The molecule has 0 radical (unpaired) electrons. The van der Waals surface area contributed by atoms with E-state index in [0.29, 0.717) is 5.92 Å². The Bertz CT molecular complexity index is 516. The van der Waals surface area contributed by atoms with E-state index in [0.717, 1.165) is 33.9 Å². The largest absolute Gasteiger partial charge is 0.496 e. The summed E-state index contributed by atoms with van der Waals surface area (Å²) in [5.41, 5.74) is 1.17. The van der Waals surface area contributed by atoms with Gasteiger partial charge in [-0.2, -0.15) is 0 Å². The zero-order chi connectivity index (χ0) is 14.6. The summed E-state index contributed by atoms with van der Waals surface area (Å²) in [5.74, 6) is 5.25. The van der Waals surface area contributed by atoms with Crippen molar-refractivity contribution in [3.05, 3.63) is 28.2 Å². The molecule has 0 spiro atoms. The van der Waals surface area contributed by atoms with E-state index in [9.17, 15) is 0 Å². The van der Waals surface area contributed by atoms with Crippen LogP contribution in [0.1, 0.15) is 43.0 Å². The van der Waals surface area contributed by atoms with E-state index < -0.39 is 0 Å². The van der Waals surface area contributed by atoms with Gasteiger partial charge in [-0.1, -0.05) is 15.9 Å². The van der Waals surface area contributed by atoms with Gasteiger partial charge in [0.1, 0.15) is 5.75 Å². The summed E-state index contributed by atoms with van der Waals surface area (Å²) in [6.45, 7) is 0. The van der Waals surface area contributed by atoms with Crippen molar-refractivity contribution in [1.29, 1.82) is 0 Å². The first-order valence-corrected chi connectivity index (χ1v) is 9.36. The van der Waals surface area contributed by atoms with Crippen LogP contribution in [0.4, 0.5) is 0 Å². The molecule has 0 aliphatic heterocycles. The first-order valence-electron chi connectivity index (χ1n) is 8.13. The van der Waals surface area contributed by atoms with E-state index in [-0.39, 0.29) is 5.38 Å². The standard InChI is InChI=1S/C18H22BrClO/c1-21-16-3-2-14(19)9-15(16)18(20)17-12-5-10-4-11(7-12)8-13(17)6-10/h2-3,9-13,17-18H,4-8H2,1H3. The van der Waals surface area contributed by atoms with Crippen LogP contribution >= 0.6 is 27.5 Å². The Morgan fingerprint density at radius 2 is 1.71 bits per heavy atom. The molecule has 4 aliphatic rings. The molecule has 4 saturated carbocycles. The topological polar surface area (TPSA) is 9.23 Å². The molecule has 0 saturated heterocycles. The summed E-state index contributed by atoms with van der Waals surface area (Å²) in [4.78, 5) is 0. The fourth-order valence-corrected chi connectivity index (χ4v) is 6.53. The predicted octanol–water partition coefficient (Wildman–Crippen LogP) is 5.81. The highest BCUT2D eigenvalue weighted by Crippen LogP contribution is 2.61. The van der Waals surface area contributed by atoms with Crippen LogP contribution in [0.15, 0.2) is 22.7 Å². The monoisotopic (exact) mass is 368 g/mol. The number of rotatable bonds is 3. The fourth-order valence-electron chi connectivity index (χ4n) is 5.57. The van der Waals surface area contributed by atoms with Gasteiger partial charge < -0.3 is 4.74 Å². The molecule has 21 heavy (non-hydrogen) atoms. The molecule has 0 aromatic heterocycles. The van der Waals surface area contributed by atoms with Gasteiger partial charge in [0.15, 0.2) is 0 Å². The van der Waals surface area contributed by atoms with E-state index in [1.807, 2.05) is 12.1 Å². The van der Waals surface area contributed by atoms with Crippen LogP contribution in [-0.4, -0.2) is 7.11 Å². The number of hydrogen-bond donors (Lipinski definition) is 0. The zero-order valence-electron chi connectivity index (χ0n) is 12.4. The van der Waals surface area contributed by atoms with Crippen molar-refractivity contribution in [1.82, 2.24) is 0 Å². The molecule has 5 rings (SSSR count). The normalized spacial score (nSPS) is 38.5. The highest BCUT2D eigenvalue weighted by atomic mass is 79.9. The third kappa shape index (κ3) is 2.43. The van der Waals surface area contributed by atoms with Crippen molar-refractivity contribution in [2.45, 2.75) is 37.5 Å². The minimum absolute atomic E-state index is 0.0902. The highest BCUT2D eigenvalue weighted by Gasteiger charge is 2.50. The van der Waals surface area contributed by atoms with Gasteiger partial charge in [0.25, 0.3) is 0 Å². The van der Waals surface area contributed by atoms with Gasteiger partial charge in [-0.3, -0.25) is 0 Å². The summed E-state index contributed by atoms with van der Waals surface area (Å²) >= 11 is 10.6. The van der Waals surface area contributed by atoms with Gasteiger partial charge in [0.05, 0.1) is 12.5 Å². The van der Waals surface area contributed by atoms with Crippen molar-refractivity contribution < 1.29 is 4.74 Å². The van der Waals surface area contributed by atoms with Crippen LogP contribution in [0.3, 0.4) is 0 Å². The smallest absolute Gasteiger partial charge is 0.123 e. The zero-order valence-corrected chi connectivity index (χ0v) is 14.7. The molecule has 4 fully saturated rings. The lowest BCUT2D eigenvalue weighted by atomic mass is 9.51. The molecule has 0 N–H and O–H groups in total. The van der Waals surface area contributed by atoms with Crippen LogP contribution in [-0.2, 0) is 0 Å². The van der Waals surface area contributed by atoms with Crippen molar-refractivity contribution in [3.63, 3.8) is 0 Å². The molecular formula is C18H22BrClO. The summed E-state index contributed by atoms with van der Waals surface area (Å²) in [6.07, 6.45) is 7.15. The average molecular weight is 370 g/mol. The molecule has 1 nitrogen and oxygen atoms in total. The SMILES string of the molecule is COc1ccc(Br)cc1C(Cl)C1C2CC3CC(C2)CC1C3. The summed E-state index contributed by atoms with van der Waals surface area (Å²) in [7, 11) is 1.74. The van der Waals surface area contributed by atoms with Crippen LogP contribution in [0.5, 0.6) is 5.75 Å². The summed E-state index contributed by atoms with van der Waals surface area (Å²) in [6, 6.07) is 6.22. The fraction of sp³-hybridized carbons (Fsp3) is 0.667. The molecule has 1 unspecified atom stereocenters. The minimum Gasteiger partial charge on any atom is -0.496 e. The Kier molecular flexibility index (Phi) is 3.74. The van der Waals surface area contributed by atoms with Crippen LogP contribution in [0.25, 0.3) is 0 Å². The average Bonchev–Trinajstić information content (AvgIpc) is 2.46. The summed E-state index contributed by atoms with van der Waals surface area (Å²) in [5, 5.41) is 0.0902. The highest BCUT2D eigenvalue weighted by molar-refractivity contribution is 9.10. The van der Waals surface area contributed by atoms with Gasteiger partial charge in [-0.25, -0.2) is 0 Å². The molecule has 4 bridgehead atoms. The Balaban J connectivity index is 1.66. The van der Waals surface area contributed by atoms with Crippen LogP contribution in [0, 0.1) is 29.6 Å². The molecular weight excluding hydrogens is 348 g/mol. The Hall–Kier alpha value is -0.210. The second-order valence-corrected chi connectivity index (χ2v) is 8.68. The van der Waals surface area contributed by atoms with Gasteiger partial charge in [0.2, 0.25) is 0 Å². The summed E-state index contributed by atoms with van der Waals surface area (Å²) < 4.78 is 6.65. The molecule has 3 heteroatoms. The van der Waals surface area contributed by atoms with Gasteiger partial charge >= 0.3 is 0 Å². The van der Waals surface area contributed by atoms with E-state index in [4.69, 9.17) is 16.3 Å². The van der Waals surface area contributed by atoms with E-state index >= 15 is 0 Å². The number of ether oxygens (including phenoxy) is 1. The third-order valence-electron chi connectivity index (χ3n) is 6.13. The maximum Gasteiger partial charge on any atom is 0.123 e. The first kappa shape index (κ1) is 14.4. The maximum absolute atomic E-state index is 7.00. The quantitative estimate of drug-likeness (QED) is 0.611. The van der Waals surface area contributed by atoms with Gasteiger partial charge in [-0.05, 0) is 79.9 Å². The molecule has 114 valence electrons. The molecule has 0 amide bonds. The molecule has 0 heterocycles. The number of hydrogen-bond acceptors (Lipinski definition) is 1. The van der Waals surface area contributed by atoms with E-state index in [1.165, 1.54) is 37.7 Å². The lowest BCUT2D eigenvalue weighted by Gasteiger charge is -2.55. The maximum atomic E-state index is 7.00. The predicted molar refractivity (Wildman–Crippen MR) is 89.8 cm³/mol. The van der Waals surface area contributed by atoms with Crippen LogP contribution in [0.2, 0.25) is 0 Å². The lowest BCUT2D eigenvalue weighted by Crippen LogP contribution is -2.46. The molecule has 4 aliphatic carbocycles. The van der Waals surface area contributed by atoms with Crippen LogP contribution < -0.4 is 4.74 Å². The van der Waals surface area contributed by atoms with Crippen molar-refractivity contribution >= 4 is 27.5 Å². The van der Waals surface area contributed by atoms with Crippen molar-refractivity contribution in [2.24, 2.45) is 29.6 Å². The van der Waals surface area contributed by atoms with Crippen molar-refractivity contribution in [3.8, 4) is 5.75 Å². The first-order chi connectivity index (χ1) is 10.2. The Morgan fingerprint density at radius 3 is 2.29 bits per heavy atom. The molecule has 1 atom stereocenters. The number of alkyl halides is 1. The van der Waals surface area contributed by atoms with Gasteiger partial charge in [-0.15, -0.1) is 11.6 Å². The third-order valence-corrected chi connectivity index (χ3v) is 7.15. The Labute approximate surface area is 140 Å². The molecule has 1 aromatic carbocycles. The number of methoxy groups -OCH3 is 1. The Morgan fingerprint density at radius 1 is 1.10 bits per heavy atom. The van der Waals surface area contributed by atoms with Gasteiger partial charge in [0, 0.05) is 10.0 Å². The second kappa shape index (κ2) is 5.45. The second-order valence-electron chi connectivity index (χ2n) is 7.30.